The third-order valence-electron chi connectivity index (χ3n) is 3.49. The highest BCUT2D eigenvalue weighted by molar-refractivity contribution is 6.30. The van der Waals surface area contributed by atoms with E-state index in [0.29, 0.717) is 12.4 Å². The van der Waals surface area contributed by atoms with Crippen LogP contribution in [-0.2, 0) is 6.42 Å². The molecule has 0 spiro atoms. The highest BCUT2D eigenvalue weighted by Gasteiger charge is 2.05. The quantitative estimate of drug-likeness (QED) is 0.780. The molecule has 0 fully saturated rings. The summed E-state index contributed by atoms with van der Waals surface area (Å²) < 4.78 is 1.58. The van der Waals surface area contributed by atoms with E-state index in [9.17, 15) is 4.79 Å². The van der Waals surface area contributed by atoms with Crippen molar-refractivity contribution < 1.29 is 0 Å². The highest BCUT2D eigenvalue weighted by atomic mass is 35.5. The van der Waals surface area contributed by atoms with Gasteiger partial charge < -0.3 is 5.32 Å². The molecule has 0 aliphatic carbocycles. The predicted molar refractivity (Wildman–Crippen MR) is 93.5 cm³/mol. The molecule has 5 heteroatoms. The Labute approximate surface area is 139 Å². The summed E-state index contributed by atoms with van der Waals surface area (Å²) in [6.07, 6.45) is 4.08. The number of benzene rings is 2. The molecule has 4 nitrogen and oxygen atoms in total. The number of anilines is 1. The monoisotopic (exact) mass is 325 g/mol. The summed E-state index contributed by atoms with van der Waals surface area (Å²) in [6, 6.07) is 17.2. The lowest BCUT2D eigenvalue weighted by molar-refractivity contribution is 0.932. The van der Waals surface area contributed by atoms with Crippen LogP contribution in [0.1, 0.15) is 5.56 Å². The number of aromatic nitrogens is 2. The van der Waals surface area contributed by atoms with Crippen molar-refractivity contribution in [3.8, 4) is 5.69 Å². The second kappa shape index (κ2) is 7.11. The molecule has 0 unspecified atom stereocenters. The van der Waals surface area contributed by atoms with Crippen LogP contribution >= 0.6 is 11.6 Å². The minimum absolute atomic E-state index is 0.158. The molecule has 0 bridgehead atoms. The molecule has 1 aromatic heterocycles. The fourth-order valence-electron chi connectivity index (χ4n) is 2.30. The summed E-state index contributed by atoms with van der Waals surface area (Å²) in [5, 5.41) is 3.83. The van der Waals surface area contributed by atoms with Crippen LogP contribution in [0.15, 0.2) is 71.8 Å². The minimum Gasteiger partial charge on any atom is -0.365 e. The Balaban J connectivity index is 1.71. The Morgan fingerprint density at radius 2 is 1.78 bits per heavy atom. The first kappa shape index (κ1) is 15.3. The van der Waals surface area contributed by atoms with Crippen molar-refractivity contribution in [2.45, 2.75) is 6.42 Å². The molecule has 0 radical (unpaired) electrons. The number of hydrogen-bond donors (Lipinski definition) is 1. The van der Waals surface area contributed by atoms with Crippen molar-refractivity contribution in [3.63, 3.8) is 0 Å². The van der Waals surface area contributed by atoms with Gasteiger partial charge in [-0.1, -0.05) is 41.9 Å². The first-order chi connectivity index (χ1) is 11.2. The van der Waals surface area contributed by atoms with Crippen LogP contribution < -0.4 is 10.9 Å². The van der Waals surface area contributed by atoms with Gasteiger partial charge in [-0.05, 0) is 36.2 Å². The van der Waals surface area contributed by atoms with Gasteiger partial charge in [-0.3, -0.25) is 9.36 Å². The van der Waals surface area contributed by atoms with E-state index in [2.05, 4.69) is 10.3 Å². The maximum atomic E-state index is 12.5. The third kappa shape index (κ3) is 3.79. The van der Waals surface area contributed by atoms with E-state index in [1.807, 2.05) is 54.6 Å². The molecule has 3 rings (SSSR count). The maximum Gasteiger partial charge on any atom is 0.297 e. The van der Waals surface area contributed by atoms with Crippen LogP contribution in [0, 0.1) is 0 Å². The van der Waals surface area contributed by atoms with E-state index in [1.54, 1.807) is 17.0 Å². The van der Waals surface area contributed by atoms with Gasteiger partial charge in [0, 0.05) is 29.6 Å². The van der Waals surface area contributed by atoms with Crippen molar-refractivity contribution in [3.05, 3.63) is 87.9 Å². The fourth-order valence-corrected chi connectivity index (χ4v) is 2.43. The molecular formula is C18H16ClN3O. The molecule has 0 saturated carbocycles. The summed E-state index contributed by atoms with van der Waals surface area (Å²) in [7, 11) is 0. The zero-order valence-corrected chi connectivity index (χ0v) is 13.2. The van der Waals surface area contributed by atoms with Crippen LogP contribution in [0.25, 0.3) is 5.69 Å². The SMILES string of the molecule is O=c1c(NCCc2ccc(Cl)cc2)nccn1-c1ccccc1. The van der Waals surface area contributed by atoms with Gasteiger partial charge in [0.1, 0.15) is 0 Å². The average molecular weight is 326 g/mol. The molecule has 0 aliphatic rings. The third-order valence-corrected chi connectivity index (χ3v) is 3.75. The van der Waals surface area contributed by atoms with Crippen molar-refractivity contribution in [2.24, 2.45) is 0 Å². The number of nitrogens with zero attached hydrogens (tertiary/aromatic N) is 2. The predicted octanol–water partition coefficient (Wildman–Crippen LogP) is 3.54. The van der Waals surface area contributed by atoms with E-state index in [1.165, 1.54) is 0 Å². The molecule has 3 aromatic rings. The smallest absolute Gasteiger partial charge is 0.297 e. The van der Waals surface area contributed by atoms with Crippen molar-refractivity contribution >= 4 is 17.4 Å². The Bertz CT molecular complexity index is 829. The van der Waals surface area contributed by atoms with Crippen molar-refractivity contribution in [1.82, 2.24) is 9.55 Å². The second-order valence-electron chi connectivity index (χ2n) is 5.09. The van der Waals surface area contributed by atoms with Gasteiger partial charge in [-0.25, -0.2) is 4.98 Å². The van der Waals surface area contributed by atoms with E-state index in [0.717, 1.165) is 22.7 Å². The van der Waals surface area contributed by atoms with Crippen LogP contribution in [0.3, 0.4) is 0 Å². The number of nitrogens with one attached hydrogen (secondary N) is 1. The van der Waals surface area contributed by atoms with Gasteiger partial charge in [0.2, 0.25) is 0 Å². The van der Waals surface area contributed by atoms with Gasteiger partial charge in [-0.15, -0.1) is 0 Å². The van der Waals surface area contributed by atoms with Gasteiger partial charge in [0.15, 0.2) is 5.82 Å². The Hall–Kier alpha value is -2.59. The lowest BCUT2D eigenvalue weighted by Crippen LogP contribution is -2.23. The largest absolute Gasteiger partial charge is 0.365 e. The summed E-state index contributed by atoms with van der Waals surface area (Å²) in [5.74, 6) is 0.352. The van der Waals surface area contributed by atoms with Gasteiger partial charge in [0.05, 0.1) is 0 Å². The van der Waals surface area contributed by atoms with E-state index < -0.39 is 0 Å². The van der Waals surface area contributed by atoms with Crippen molar-refractivity contribution in [2.75, 3.05) is 11.9 Å². The molecule has 0 amide bonds. The van der Waals surface area contributed by atoms with E-state index in [-0.39, 0.29) is 5.56 Å². The number of hydrogen-bond acceptors (Lipinski definition) is 3. The van der Waals surface area contributed by atoms with Gasteiger partial charge in [0.25, 0.3) is 5.56 Å². The second-order valence-corrected chi connectivity index (χ2v) is 5.53. The molecular weight excluding hydrogens is 310 g/mol. The molecule has 0 saturated heterocycles. The van der Waals surface area contributed by atoms with E-state index >= 15 is 0 Å². The number of rotatable bonds is 5. The van der Waals surface area contributed by atoms with Crippen LogP contribution in [0.2, 0.25) is 5.02 Å². The first-order valence-corrected chi connectivity index (χ1v) is 7.73. The molecule has 0 aliphatic heterocycles. The average Bonchev–Trinajstić information content (AvgIpc) is 2.59. The number of halogens is 1. The van der Waals surface area contributed by atoms with Gasteiger partial charge >= 0.3 is 0 Å². The molecule has 2 aromatic carbocycles. The summed E-state index contributed by atoms with van der Waals surface area (Å²) in [6.45, 7) is 0.628. The Morgan fingerprint density at radius 3 is 2.52 bits per heavy atom. The van der Waals surface area contributed by atoms with E-state index in [4.69, 9.17) is 11.6 Å². The lowest BCUT2D eigenvalue weighted by atomic mass is 10.1. The summed E-state index contributed by atoms with van der Waals surface area (Å²) in [4.78, 5) is 16.6. The highest BCUT2D eigenvalue weighted by Crippen LogP contribution is 2.10. The normalized spacial score (nSPS) is 10.5. The zero-order chi connectivity index (χ0) is 16.1. The summed E-state index contributed by atoms with van der Waals surface area (Å²) in [5.41, 5.74) is 1.82. The molecule has 23 heavy (non-hydrogen) atoms. The molecule has 1 heterocycles. The maximum absolute atomic E-state index is 12.5. The van der Waals surface area contributed by atoms with Gasteiger partial charge in [-0.2, -0.15) is 0 Å². The topological polar surface area (TPSA) is 46.9 Å². The Morgan fingerprint density at radius 1 is 1.04 bits per heavy atom. The fraction of sp³-hybridized carbons (Fsp3) is 0.111. The summed E-state index contributed by atoms with van der Waals surface area (Å²) >= 11 is 5.87. The lowest BCUT2D eigenvalue weighted by Gasteiger charge is -2.09. The van der Waals surface area contributed by atoms with Crippen LogP contribution in [-0.4, -0.2) is 16.1 Å². The zero-order valence-electron chi connectivity index (χ0n) is 12.4. The molecule has 116 valence electrons. The van der Waals surface area contributed by atoms with Crippen LogP contribution in [0.5, 0.6) is 0 Å². The first-order valence-electron chi connectivity index (χ1n) is 7.35. The van der Waals surface area contributed by atoms with Crippen molar-refractivity contribution in [1.29, 1.82) is 0 Å². The molecule has 1 N–H and O–H groups in total. The standard InChI is InChI=1S/C18H16ClN3O/c19-15-8-6-14(7-9-15)10-11-20-17-18(23)22(13-12-21-17)16-4-2-1-3-5-16/h1-9,12-13H,10-11H2,(H,20,21). The number of para-hydroxylation sites is 1. The minimum atomic E-state index is -0.158. The van der Waals surface area contributed by atoms with Crippen LogP contribution in [0.4, 0.5) is 5.82 Å². The Kier molecular flexibility index (Phi) is 4.74. The molecule has 0 atom stereocenters.